The number of benzene rings is 1. The summed E-state index contributed by atoms with van der Waals surface area (Å²) < 4.78 is 0. The van der Waals surface area contributed by atoms with Gasteiger partial charge in [-0.05, 0) is 37.1 Å². The topological polar surface area (TPSA) is 62.8 Å². The minimum Gasteiger partial charge on any atom is -0.384 e. The average molecular weight is 292 g/mol. The molecule has 0 radical (unpaired) electrons. The molecule has 0 atom stereocenters. The van der Waals surface area contributed by atoms with Gasteiger partial charge in [-0.1, -0.05) is 35.5 Å². The molecular weight excluding hydrogens is 278 g/mol. The highest BCUT2D eigenvalue weighted by molar-refractivity contribution is 7.99. The third kappa shape index (κ3) is 3.08. The summed E-state index contributed by atoms with van der Waals surface area (Å²) in [5, 5.41) is 8.59. The van der Waals surface area contributed by atoms with Crippen LogP contribution < -0.4 is 5.73 Å². The Labute approximate surface area is 121 Å². The Hall–Kier alpha value is -1.52. The second-order valence-electron chi connectivity index (χ2n) is 4.26. The molecule has 0 aliphatic rings. The van der Waals surface area contributed by atoms with E-state index in [1.54, 1.807) is 12.3 Å². The Kier molecular flexibility index (Phi) is 4.12. The summed E-state index contributed by atoms with van der Waals surface area (Å²) in [6.45, 7) is 4.09. The van der Waals surface area contributed by atoms with Crippen molar-refractivity contribution in [3.05, 3.63) is 52.2 Å². The molecule has 0 amide bonds. The largest absolute Gasteiger partial charge is 0.384 e. The highest BCUT2D eigenvalue weighted by Crippen LogP contribution is 2.35. The summed E-state index contributed by atoms with van der Waals surface area (Å²) in [5.41, 5.74) is 8.37. The minimum atomic E-state index is -0.0461. The van der Waals surface area contributed by atoms with Gasteiger partial charge in [0.2, 0.25) is 0 Å². The van der Waals surface area contributed by atoms with Crippen molar-refractivity contribution in [1.29, 1.82) is 5.41 Å². The summed E-state index contributed by atoms with van der Waals surface area (Å²) in [6.07, 6.45) is 1.62. The number of halogens is 1. The van der Waals surface area contributed by atoms with Gasteiger partial charge in [-0.2, -0.15) is 0 Å². The molecule has 0 saturated heterocycles. The minimum absolute atomic E-state index is 0.0461. The molecule has 0 fully saturated rings. The molecule has 2 rings (SSSR count). The lowest BCUT2D eigenvalue weighted by molar-refractivity contribution is 1.12. The normalized spacial score (nSPS) is 10.5. The molecule has 0 spiro atoms. The number of nitrogen functional groups attached to an aromatic ring is 1. The average Bonchev–Trinajstić information content (AvgIpc) is 2.36. The SMILES string of the molecule is Cc1ccc(C)c(Sc2nccc(C(=N)N)c2Cl)c1. The maximum Gasteiger partial charge on any atom is 0.124 e. The van der Waals surface area contributed by atoms with E-state index >= 15 is 0 Å². The van der Waals surface area contributed by atoms with Crippen molar-refractivity contribution in [2.75, 3.05) is 0 Å². The van der Waals surface area contributed by atoms with Crippen LogP contribution in [0.2, 0.25) is 5.02 Å². The standard InChI is InChI=1S/C14H14ClN3S/c1-8-3-4-9(2)11(7-8)19-14-12(15)10(13(16)17)5-6-18-14/h3-7H,1-2H3,(H3,16,17). The van der Waals surface area contributed by atoms with E-state index in [1.807, 2.05) is 13.8 Å². The lowest BCUT2D eigenvalue weighted by Gasteiger charge is -2.09. The number of nitrogens with two attached hydrogens (primary N) is 1. The fourth-order valence-electron chi connectivity index (χ4n) is 1.63. The Morgan fingerprint density at radius 3 is 2.74 bits per heavy atom. The Morgan fingerprint density at radius 2 is 2.05 bits per heavy atom. The number of rotatable bonds is 3. The zero-order valence-electron chi connectivity index (χ0n) is 10.7. The Bertz CT molecular complexity index is 641. The zero-order valence-corrected chi connectivity index (χ0v) is 12.3. The summed E-state index contributed by atoms with van der Waals surface area (Å²) in [7, 11) is 0. The lowest BCUT2D eigenvalue weighted by atomic mass is 10.2. The van der Waals surface area contributed by atoms with E-state index < -0.39 is 0 Å². The number of pyridine rings is 1. The smallest absolute Gasteiger partial charge is 0.124 e. The monoisotopic (exact) mass is 291 g/mol. The molecule has 2 aromatic rings. The summed E-state index contributed by atoms with van der Waals surface area (Å²) in [4.78, 5) is 5.37. The number of nitrogens with one attached hydrogen (secondary N) is 1. The number of hydrogen-bond donors (Lipinski definition) is 2. The first kappa shape index (κ1) is 13.9. The molecule has 0 bridgehead atoms. The van der Waals surface area contributed by atoms with E-state index in [9.17, 15) is 0 Å². The summed E-state index contributed by atoms with van der Waals surface area (Å²) >= 11 is 7.73. The van der Waals surface area contributed by atoms with Crippen molar-refractivity contribution < 1.29 is 0 Å². The fraction of sp³-hybridized carbons (Fsp3) is 0.143. The number of amidine groups is 1. The van der Waals surface area contributed by atoms with Crippen LogP contribution in [0.3, 0.4) is 0 Å². The van der Waals surface area contributed by atoms with Gasteiger partial charge in [0.15, 0.2) is 0 Å². The zero-order chi connectivity index (χ0) is 14.0. The first-order chi connectivity index (χ1) is 8.99. The molecule has 0 saturated carbocycles. The summed E-state index contributed by atoms with van der Waals surface area (Å²) in [6, 6.07) is 7.89. The Balaban J connectivity index is 2.41. The van der Waals surface area contributed by atoms with E-state index in [4.69, 9.17) is 22.7 Å². The van der Waals surface area contributed by atoms with Crippen LogP contribution in [0, 0.1) is 19.3 Å². The van der Waals surface area contributed by atoms with Gasteiger partial charge in [-0.25, -0.2) is 4.98 Å². The van der Waals surface area contributed by atoms with Crippen molar-refractivity contribution >= 4 is 29.2 Å². The van der Waals surface area contributed by atoms with Crippen LogP contribution >= 0.6 is 23.4 Å². The molecular formula is C14H14ClN3S. The molecule has 0 aliphatic heterocycles. The summed E-state index contributed by atoms with van der Waals surface area (Å²) in [5.74, 6) is -0.0461. The molecule has 3 N–H and O–H groups in total. The van der Waals surface area contributed by atoms with Crippen LogP contribution in [0.15, 0.2) is 40.4 Å². The number of aryl methyl sites for hydroxylation is 2. The van der Waals surface area contributed by atoms with Crippen LogP contribution in [0.4, 0.5) is 0 Å². The van der Waals surface area contributed by atoms with Gasteiger partial charge in [0.25, 0.3) is 0 Å². The maximum absolute atomic E-state index is 7.49. The van der Waals surface area contributed by atoms with E-state index in [0.29, 0.717) is 15.6 Å². The first-order valence-corrected chi connectivity index (χ1v) is 6.92. The quantitative estimate of drug-likeness (QED) is 0.668. The number of hydrogen-bond acceptors (Lipinski definition) is 3. The van der Waals surface area contributed by atoms with Crippen LogP contribution in [-0.4, -0.2) is 10.8 Å². The van der Waals surface area contributed by atoms with Gasteiger partial charge in [0, 0.05) is 16.7 Å². The molecule has 1 aromatic heterocycles. The molecule has 0 unspecified atom stereocenters. The van der Waals surface area contributed by atoms with Crippen molar-refractivity contribution in [2.24, 2.45) is 5.73 Å². The number of nitrogens with zero attached hydrogens (tertiary/aromatic N) is 1. The van der Waals surface area contributed by atoms with Crippen LogP contribution in [-0.2, 0) is 0 Å². The molecule has 0 aliphatic carbocycles. The molecule has 98 valence electrons. The highest BCUT2D eigenvalue weighted by Gasteiger charge is 2.12. The number of aromatic nitrogens is 1. The highest BCUT2D eigenvalue weighted by atomic mass is 35.5. The molecule has 1 aromatic carbocycles. The van der Waals surface area contributed by atoms with Gasteiger partial charge >= 0.3 is 0 Å². The van der Waals surface area contributed by atoms with E-state index in [-0.39, 0.29) is 5.84 Å². The van der Waals surface area contributed by atoms with Gasteiger partial charge in [-0.15, -0.1) is 0 Å². The second-order valence-corrected chi connectivity index (χ2v) is 5.67. The van der Waals surface area contributed by atoms with E-state index in [1.165, 1.54) is 22.9 Å². The predicted molar refractivity (Wildman–Crippen MR) is 80.3 cm³/mol. The van der Waals surface area contributed by atoms with Gasteiger partial charge in [0.1, 0.15) is 10.9 Å². The van der Waals surface area contributed by atoms with Crippen LogP contribution in [0.1, 0.15) is 16.7 Å². The molecule has 1 heterocycles. The third-order valence-corrected chi connectivity index (χ3v) is 4.35. The van der Waals surface area contributed by atoms with Crippen molar-refractivity contribution in [2.45, 2.75) is 23.8 Å². The van der Waals surface area contributed by atoms with E-state index in [2.05, 4.69) is 23.2 Å². The maximum atomic E-state index is 7.49. The van der Waals surface area contributed by atoms with Crippen LogP contribution in [0.5, 0.6) is 0 Å². The van der Waals surface area contributed by atoms with Gasteiger partial charge in [0.05, 0.1) is 5.02 Å². The van der Waals surface area contributed by atoms with Crippen molar-refractivity contribution in [1.82, 2.24) is 4.98 Å². The van der Waals surface area contributed by atoms with Gasteiger partial charge in [-0.3, -0.25) is 5.41 Å². The fourth-order valence-corrected chi connectivity index (χ4v) is 2.95. The van der Waals surface area contributed by atoms with E-state index in [0.717, 1.165) is 4.90 Å². The predicted octanol–water partition coefficient (Wildman–Crippen LogP) is 3.79. The van der Waals surface area contributed by atoms with Crippen molar-refractivity contribution in [3.63, 3.8) is 0 Å². The lowest BCUT2D eigenvalue weighted by Crippen LogP contribution is -2.12. The van der Waals surface area contributed by atoms with Crippen molar-refractivity contribution in [3.8, 4) is 0 Å². The van der Waals surface area contributed by atoms with Crippen LogP contribution in [0.25, 0.3) is 0 Å². The first-order valence-electron chi connectivity index (χ1n) is 5.73. The molecule has 3 nitrogen and oxygen atoms in total. The second kappa shape index (κ2) is 5.63. The Morgan fingerprint density at radius 1 is 1.32 bits per heavy atom. The third-order valence-electron chi connectivity index (χ3n) is 2.70. The van der Waals surface area contributed by atoms with Gasteiger partial charge < -0.3 is 5.73 Å². The molecule has 19 heavy (non-hydrogen) atoms. The molecule has 5 heteroatoms.